The number of likely N-dealkylation sites (tertiary alicyclic amines) is 1. The molecule has 0 bridgehead atoms. The van der Waals surface area contributed by atoms with Gasteiger partial charge in [0.15, 0.2) is 11.5 Å². The van der Waals surface area contributed by atoms with E-state index in [4.69, 9.17) is 9.47 Å². The number of aryl methyl sites for hydroxylation is 1. The Morgan fingerprint density at radius 3 is 2.48 bits per heavy atom. The van der Waals surface area contributed by atoms with Crippen molar-refractivity contribution in [2.24, 2.45) is 0 Å². The van der Waals surface area contributed by atoms with Gasteiger partial charge in [-0.15, -0.1) is 0 Å². The van der Waals surface area contributed by atoms with Crippen molar-refractivity contribution in [3.63, 3.8) is 0 Å². The minimum Gasteiger partial charge on any atom is -0.507 e. The third kappa shape index (κ3) is 4.32. The van der Waals surface area contributed by atoms with E-state index in [1.165, 1.54) is 4.90 Å². The van der Waals surface area contributed by atoms with E-state index in [9.17, 15) is 14.7 Å². The monoisotopic (exact) mass is 487 g/mol. The molecule has 1 unspecified atom stereocenters. The number of aliphatic hydroxyl groups excluding tert-OH is 1. The van der Waals surface area contributed by atoms with Crippen LogP contribution in [-0.2, 0) is 9.59 Å². The predicted octanol–water partition coefficient (Wildman–Crippen LogP) is 5.00. The first-order chi connectivity index (χ1) is 14.8. The second-order valence-electron chi connectivity index (χ2n) is 7.30. The fourth-order valence-corrected chi connectivity index (χ4v) is 4.02. The molecule has 0 aromatic heterocycles. The number of halogens is 1. The lowest BCUT2D eigenvalue weighted by Gasteiger charge is -2.25. The highest BCUT2D eigenvalue weighted by Crippen LogP contribution is 2.42. The number of benzene rings is 2. The summed E-state index contributed by atoms with van der Waals surface area (Å²) in [6.07, 6.45) is 0.676. The lowest BCUT2D eigenvalue weighted by molar-refractivity contribution is -0.139. The van der Waals surface area contributed by atoms with Crippen LogP contribution in [0.25, 0.3) is 5.76 Å². The van der Waals surface area contributed by atoms with Crippen molar-refractivity contribution in [3.05, 3.63) is 63.1 Å². The van der Waals surface area contributed by atoms with Crippen molar-refractivity contribution in [1.29, 1.82) is 0 Å². The molecule has 164 valence electrons. The largest absolute Gasteiger partial charge is 0.507 e. The first-order valence-corrected chi connectivity index (χ1v) is 11.0. The van der Waals surface area contributed by atoms with Gasteiger partial charge in [-0.1, -0.05) is 35.0 Å². The summed E-state index contributed by atoms with van der Waals surface area (Å²) in [6.45, 7) is 6.53. The zero-order valence-corrected chi connectivity index (χ0v) is 19.7. The molecule has 1 heterocycles. The van der Waals surface area contributed by atoms with E-state index in [0.29, 0.717) is 42.2 Å². The second-order valence-corrected chi connectivity index (χ2v) is 8.15. The van der Waals surface area contributed by atoms with Crippen molar-refractivity contribution in [3.8, 4) is 11.5 Å². The van der Waals surface area contributed by atoms with Gasteiger partial charge < -0.3 is 19.5 Å². The SMILES string of the molecule is CCCN1C(=O)C(=O)/C(=C(\O)c2ccc(Br)c(C)c2)C1c1ccc(OC)c(OCC)c1. The number of carbonyl (C=O) groups is 2. The molecule has 0 saturated carbocycles. The number of aliphatic hydroxyl groups is 1. The van der Waals surface area contributed by atoms with Crippen LogP contribution in [0.3, 0.4) is 0 Å². The Morgan fingerprint density at radius 1 is 1.13 bits per heavy atom. The molecule has 3 rings (SSSR count). The Hall–Kier alpha value is -2.80. The maximum Gasteiger partial charge on any atom is 0.295 e. The van der Waals surface area contributed by atoms with Gasteiger partial charge in [-0.25, -0.2) is 0 Å². The predicted molar refractivity (Wildman–Crippen MR) is 122 cm³/mol. The number of methoxy groups -OCH3 is 1. The number of Topliss-reactive ketones (excluding diaryl/α,β-unsaturated/α-hetero) is 1. The maximum absolute atomic E-state index is 13.0. The van der Waals surface area contributed by atoms with Gasteiger partial charge in [0.25, 0.3) is 11.7 Å². The molecule has 1 N–H and O–H groups in total. The lowest BCUT2D eigenvalue weighted by Crippen LogP contribution is -2.30. The van der Waals surface area contributed by atoms with Crippen LogP contribution >= 0.6 is 15.9 Å². The summed E-state index contributed by atoms with van der Waals surface area (Å²) < 4.78 is 11.9. The minimum atomic E-state index is -0.714. The van der Waals surface area contributed by atoms with Crippen LogP contribution in [-0.4, -0.2) is 42.0 Å². The molecule has 2 aromatic carbocycles. The van der Waals surface area contributed by atoms with Gasteiger partial charge in [-0.3, -0.25) is 9.59 Å². The summed E-state index contributed by atoms with van der Waals surface area (Å²) in [5, 5.41) is 11.1. The smallest absolute Gasteiger partial charge is 0.295 e. The van der Waals surface area contributed by atoms with E-state index in [1.807, 2.05) is 26.8 Å². The first-order valence-electron chi connectivity index (χ1n) is 10.2. The van der Waals surface area contributed by atoms with Crippen molar-refractivity contribution >= 4 is 33.4 Å². The van der Waals surface area contributed by atoms with Gasteiger partial charge in [0.2, 0.25) is 0 Å². The third-order valence-corrected chi connectivity index (χ3v) is 6.13. The Balaban J connectivity index is 2.21. The molecular weight excluding hydrogens is 462 g/mol. The van der Waals surface area contributed by atoms with Crippen molar-refractivity contribution in [2.45, 2.75) is 33.2 Å². The van der Waals surface area contributed by atoms with Crippen LogP contribution in [0.1, 0.15) is 43.0 Å². The van der Waals surface area contributed by atoms with Gasteiger partial charge >= 0.3 is 0 Å². The van der Waals surface area contributed by atoms with E-state index in [1.54, 1.807) is 37.4 Å². The highest BCUT2D eigenvalue weighted by Gasteiger charge is 2.45. The normalized spacial score (nSPS) is 17.8. The Kier molecular flexibility index (Phi) is 7.05. The fourth-order valence-electron chi connectivity index (χ4n) is 3.78. The van der Waals surface area contributed by atoms with Gasteiger partial charge in [0, 0.05) is 16.6 Å². The van der Waals surface area contributed by atoms with Gasteiger partial charge in [0.1, 0.15) is 5.76 Å². The van der Waals surface area contributed by atoms with Crippen LogP contribution in [0.5, 0.6) is 11.5 Å². The summed E-state index contributed by atoms with van der Waals surface area (Å²) in [4.78, 5) is 27.4. The third-order valence-electron chi connectivity index (χ3n) is 5.24. The molecule has 31 heavy (non-hydrogen) atoms. The summed E-state index contributed by atoms with van der Waals surface area (Å²) in [5.41, 5.74) is 2.14. The second kappa shape index (κ2) is 9.56. The topological polar surface area (TPSA) is 76.1 Å². The number of carbonyl (C=O) groups excluding carboxylic acids is 2. The molecule has 7 heteroatoms. The van der Waals surface area contributed by atoms with E-state index < -0.39 is 17.7 Å². The molecule has 1 atom stereocenters. The molecular formula is C24H26BrNO5. The van der Waals surface area contributed by atoms with Crippen molar-refractivity contribution in [2.75, 3.05) is 20.3 Å². The zero-order chi connectivity index (χ0) is 22.7. The number of nitrogens with zero attached hydrogens (tertiary/aromatic N) is 1. The molecule has 1 saturated heterocycles. The average Bonchev–Trinajstić information content (AvgIpc) is 3.00. The Bertz CT molecular complexity index is 1050. The minimum absolute atomic E-state index is 0.0767. The molecule has 6 nitrogen and oxygen atoms in total. The number of ether oxygens (including phenoxy) is 2. The van der Waals surface area contributed by atoms with Crippen molar-refractivity contribution in [1.82, 2.24) is 4.90 Å². The Labute approximate surface area is 190 Å². The lowest BCUT2D eigenvalue weighted by atomic mass is 9.94. The molecule has 0 spiro atoms. The molecule has 0 radical (unpaired) electrons. The van der Waals surface area contributed by atoms with Gasteiger partial charge in [-0.2, -0.15) is 0 Å². The summed E-state index contributed by atoms with van der Waals surface area (Å²) in [6, 6.07) is 9.90. The van der Waals surface area contributed by atoms with E-state index in [-0.39, 0.29) is 11.3 Å². The standard InChI is InChI=1S/C24H26BrNO5/c1-5-11-26-21(15-8-10-18(30-4)19(13-15)31-6-2)20(23(28)24(26)29)22(27)16-7-9-17(25)14(3)12-16/h7-10,12-13,21,27H,5-6,11H2,1-4H3/b22-20-. The number of hydrogen-bond acceptors (Lipinski definition) is 5. The quantitative estimate of drug-likeness (QED) is 0.338. The van der Waals surface area contributed by atoms with Crippen LogP contribution in [0.4, 0.5) is 0 Å². The number of hydrogen-bond donors (Lipinski definition) is 1. The molecule has 1 fully saturated rings. The fraction of sp³-hybridized carbons (Fsp3) is 0.333. The maximum atomic E-state index is 13.0. The molecule has 1 aliphatic rings. The van der Waals surface area contributed by atoms with Gasteiger partial charge in [-0.05, 0) is 55.7 Å². The molecule has 1 aliphatic heterocycles. The Morgan fingerprint density at radius 2 is 1.87 bits per heavy atom. The average molecular weight is 488 g/mol. The number of ketones is 1. The van der Waals surface area contributed by atoms with E-state index >= 15 is 0 Å². The molecule has 0 aliphatic carbocycles. The van der Waals surface area contributed by atoms with Gasteiger partial charge in [0.05, 0.1) is 25.3 Å². The highest BCUT2D eigenvalue weighted by molar-refractivity contribution is 9.10. The molecule has 1 amide bonds. The number of amides is 1. The summed E-state index contributed by atoms with van der Waals surface area (Å²) in [5.74, 6) is -0.418. The van der Waals surface area contributed by atoms with Crippen molar-refractivity contribution < 1.29 is 24.2 Å². The highest BCUT2D eigenvalue weighted by atomic mass is 79.9. The van der Waals surface area contributed by atoms with Crippen LogP contribution in [0.2, 0.25) is 0 Å². The summed E-state index contributed by atoms with van der Waals surface area (Å²) >= 11 is 3.45. The number of rotatable bonds is 7. The molecule has 2 aromatic rings. The first kappa shape index (κ1) is 22.9. The summed E-state index contributed by atoms with van der Waals surface area (Å²) in [7, 11) is 1.55. The van der Waals surface area contributed by atoms with E-state index in [2.05, 4.69) is 15.9 Å². The van der Waals surface area contributed by atoms with Crippen LogP contribution in [0.15, 0.2) is 46.4 Å². The van der Waals surface area contributed by atoms with Crippen LogP contribution < -0.4 is 9.47 Å². The van der Waals surface area contributed by atoms with E-state index in [0.717, 1.165) is 10.0 Å². The zero-order valence-electron chi connectivity index (χ0n) is 18.1. The van der Waals surface area contributed by atoms with Crippen LogP contribution in [0, 0.1) is 6.92 Å².